The van der Waals surface area contributed by atoms with E-state index >= 15 is 0 Å². The first-order valence-electron chi connectivity index (χ1n) is 6.83. The van der Waals surface area contributed by atoms with Gasteiger partial charge in [-0.3, -0.25) is 9.59 Å². The average molecular weight is 286 g/mol. The van der Waals surface area contributed by atoms with Crippen LogP contribution in [0.2, 0.25) is 0 Å². The fourth-order valence-electron chi connectivity index (χ4n) is 2.39. The van der Waals surface area contributed by atoms with Crippen LogP contribution < -0.4 is 0 Å². The highest BCUT2D eigenvalue weighted by Gasteiger charge is 2.31. The SMILES string of the molecule is CCCN(CC(=O)O)C(=O)N1CCCC(C(=O)OC)C1. The predicted molar refractivity (Wildman–Crippen MR) is 71.2 cm³/mol. The molecule has 114 valence electrons. The lowest BCUT2D eigenvalue weighted by molar-refractivity contribution is -0.147. The Balaban J connectivity index is 2.67. The number of hydrogen-bond acceptors (Lipinski definition) is 4. The number of piperidine rings is 1. The van der Waals surface area contributed by atoms with Crippen LogP contribution >= 0.6 is 0 Å². The van der Waals surface area contributed by atoms with Gasteiger partial charge < -0.3 is 19.6 Å². The molecule has 7 nitrogen and oxygen atoms in total. The molecule has 1 aliphatic heterocycles. The van der Waals surface area contributed by atoms with Crippen LogP contribution in [-0.4, -0.2) is 66.2 Å². The summed E-state index contributed by atoms with van der Waals surface area (Å²) in [6, 6.07) is -0.317. The third kappa shape index (κ3) is 4.40. The van der Waals surface area contributed by atoms with Gasteiger partial charge in [0.05, 0.1) is 13.0 Å². The Morgan fingerprint density at radius 2 is 2.10 bits per heavy atom. The highest BCUT2D eigenvalue weighted by Crippen LogP contribution is 2.19. The molecule has 0 aromatic heterocycles. The first kappa shape index (κ1) is 16.3. The smallest absolute Gasteiger partial charge is 0.323 e. The van der Waals surface area contributed by atoms with Gasteiger partial charge in [0, 0.05) is 19.6 Å². The predicted octanol–water partition coefficient (Wildman–Crippen LogP) is 0.788. The minimum atomic E-state index is -1.03. The van der Waals surface area contributed by atoms with Crippen LogP contribution in [0.15, 0.2) is 0 Å². The minimum absolute atomic E-state index is 0.297. The zero-order chi connectivity index (χ0) is 15.1. The van der Waals surface area contributed by atoms with E-state index in [4.69, 9.17) is 9.84 Å². The van der Waals surface area contributed by atoms with E-state index in [2.05, 4.69) is 0 Å². The van der Waals surface area contributed by atoms with Crippen LogP contribution in [0.3, 0.4) is 0 Å². The molecular weight excluding hydrogens is 264 g/mol. The van der Waals surface area contributed by atoms with E-state index in [1.165, 1.54) is 12.0 Å². The summed E-state index contributed by atoms with van der Waals surface area (Å²) in [6.45, 7) is 2.81. The molecule has 0 saturated carbocycles. The monoisotopic (exact) mass is 286 g/mol. The molecule has 1 aliphatic rings. The van der Waals surface area contributed by atoms with Gasteiger partial charge in [-0.25, -0.2) is 4.79 Å². The summed E-state index contributed by atoms with van der Waals surface area (Å²) in [4.78, 5) is 37.5. The van der Waals surface area contributed by atoms with E-state index in [9.17, 15) is 14.4 Å². The number of carbonyl (C=O) groups excluding carboxylic acids is 2. The van der Waals surface area contributed by atoms with Gasteiger partial charge in [0.1, 0.15) is 6.54 Å². The number of nitrogens with zero attached hydrogens (tertiary/aromatic N) is 2. The van der Waals surface area contributed by atoms with Gasteiger partial charge in [-0.15, -0.1) is 0 Å². The normalized spacial score (nSPS) is 18.5. The molecule has 1 heterocycles. The molecule has 1 N–H and O–H groups in total. The lowest BCUT2D eigenvalue weighted by Gasteiger charge is -2.35. The van der Waals surface area contributed by atoms with Crippen LogP contribution in [0.1, 0.15) is 26.2 Å². The Morgan fingerprint density at radius 1 is 1.40 bits per heavy atom. The molecule has 1 rings (SSSR count). The van der Waals surface area contributed by atoms with Crippen molar-refractivity contribution >= 4 is 18.0 Å². The van der Waals surface area contributed by atoms with E-state index in [0.717, 1.165) is 6.42 Å². The molecule has 1 fully saturated rings. The fraction of sp³-hybridized carbons (Fsp3) is 0.769. The summed E-state index contributed by atoms with van der Waals surface area (Å²) in [7, 11) is 1.33. The summed E-state index contributed by atoms with van der Waals surface area (Å²) in [5.74, 6) is -1.66. The van der Waals surface area contributed by atoms with Gasteiger partial charge in [0.2, 0.25) is 0 Å². The number of carboxylic acid groups (broad SMARTS) is 1. The fourth-order valence-corrected chi connectivity index (χ4v) is 2.39. The zero-order valence-electron chi connectivity index (χ0n) is 12.0. The first-order valence-corrected chi connectivity index (χ1v) is 6.83. The van der Waals surface area contributed by atoms with Crippen LogP contribution in [-0.2, 0) is 14.3 Å². The highest BCUT2D eigenvalue weighted by molar-refractivity contribution is 5.81. The second-order valence-corrected chi connectivity index (χ2v) is 4.91. The van der Waals surface area contributed by atoms with Crippen molar-refractivity contribution in [3.63, 3.8) is 0 Å². The van der Waals surface area contributed by atoms with E-state index in [0.29, 0.717) is 32.5 Å². The lowest BCUT2D eigenvalue weighted by atomic mass is 9.98. The Bertz CT molecular complexity index is 372. The lowest BCUT2D eigenvalue weighted by Crippen LogP contribution is -2.50. The minimum Gasteiger partial charge on any atom is -0.480 e. The maximum Gasteiger partial charge on any atom is 0.323 e. The zero-order valence-corrected chi connectivity index (χ0v) is 12.0. The molecular formula is C13H22N2O5. The summed E-state index contributed by atoms with van der Waals surface area (Å²) in [6.07, 6.45) is 2.11. The summed E-state index contributed by atoms with van der Waals surface area (Å²) >= 11 is 0. The van der Waals surface area contributed by atoms with Crippen molar-refractivity contribution in [3.05, 3.63) is 0 Å². The van der Waals surface area contributed by atoms with Crippen LogP contribution in [0.5, 0.6) is 0 Å². The number of hydrogen-bond donors (Lipinski definition) is 1. The Labute approximate surface area is 118 Å². The van der Waals surface area contributed by atoms with Crippen molar-refractivity contribution < 1.29 is 24.2 Å². The maximum atomic E-state index is 12.3. The number of urea groups is 1. The summed E-state index contributed by atoms with van der Waals surface area (Å²) < 4.78 is 4.71. The number of carboxylic acids is 1. The van der Waals surface area contributed by atoms with Crippen LogP contribution in [0, 0.1) is 5.92 Å². The molecule has 0 spiro atoms. The molecule has 0 aliphatic carbocycles. The summed E-state index contributed by atoms with van der Waals surface area (Å²) in [5, 5.41) is 8.85. The number of methoxy groups -OCH3 is 1. The van der Waals surface area contributed by atoms with E-state index in [1.807, 2.05) is 6.92 Å². The number of esters is 1. The van der Waals surface area contributed by atoms with E-state index < -0.39 is 5.97 Å². The molecule has 7 heteroatoms. The van der Waals surface area contributed by atoms with Crippen molar-refractivity contribution in [2.24, 2.45) is 5.92 Å². The maximum absolute atomic E-state index is 12.3. The van der Waals surface area contributed by atoms with Gasteiger partial charge in [-0.05, 0) is 19.3 Å². The number of rotatable bonds is 5. The highest BCUT2D eigenvalue weighted by atomic mass is 16.5. The number of aliphatic carboxylic acids is 1. The van der Waals surface area contributed by atoms with Crippen molar-refractivity contribution in [2.75, 3.05) is 33.3 Å². The van der Waals surface area contributed by atoms with Crippen LogP contribution in [0.25, 0.3) is 0 Å². The first-order chi connectivity index (χ1) is 9.49. The molecule has 0 bridgehead atoms. The standard InChI is InChI=1S/C13H22N2O5/c1-3-6-14(9-11(16)17)13(19)15-7-4-5-10(8-15)12(18)20-2/h10H,3-9H2,1-2H3,(H,16,17). The molecule has 20 heavy (non-hydrogen) atoms. The van der Waals surface area contributed by atoms with Crippen molar-refractivity contribution in [1.82, 2.24) is 9.80 Å². The van der Waals surface area contributed by atoms with Gasteiger partial charge in [0.25, 0.3) is 0 Å². The van der Waals surface area contributed by atoms with Gasteiger partial charge in [-0.1, -0.05) is 6.92 Å². The number of ether oxygens (including phenoxy) is 1. The largest absolute Gasteiger partial charge is 0.480 e. The quantitative estimate of drug-likeness (QED) is 0.755. The molecule has 1 saturated heterocycles. The number of carbonyl (C=O) groups is 3. The number of amides is 2. The molecule has 0 aromatic rings. The molecule has 1 atom stereocenters. The molecule has 0 aromatic carbocycles. The second-order valence-electron chi connectivity index (χ2n) is 4.91. The Morgan fingerprint density at radius 3 is 2.65 bits per heavy atom. The third-order valence-corrected chi connectivity index (χ3v) is 3.32. The van der Waals surface area contributed by atoms with Gasteiger partial charge in [-0.2, -0.15) is 0 Å². The molecule has 2 amide bonds. The number of likely N-dealkylation sites (tertiary alicyclic amines) is 1. The molecule has 1 unspecified atom stereocenters. The van der Waals surface area contributed by atoms with Crippen molar-refractivity contribution in [3.8, 4) is 0 Å². The topological polar surface area (TPSA) is 87.2 Å². The van der Waals surface area contributed by atoms with Crippen molar-refractivity contribution in [2.45, 2.75) is 26.2 Å². The van der Waals surface area contributed by atoms with Crippen molar-refractivity contribution in [1.29, 1.82) is 0 Å². The summed E-state index contributed by atoms with van der Waals surface area (Å²) in [5.41, 5.74) is 0. The van der Waals surface area contributed by atoms with Gasteiger partial charge >= 0.3 is 18.0 Å². The van der Waals surface area contributed by atoms with Gasteiger partial charge in [0.15, 0.2) is 0 Å². The third-order valence-electron chi connectivity index (χ3n) is 3.32. The average Bonchev–Trinajstić information content (AvgIpc) is 2.45. The van der Waals surface area contributed by atoms with Crippen LogP contribution in [0.4, 0.5) is 4.79 Å². The Hall–Kier alpha value is -1.79. The van der Waals surface area contributed by atoms with E-state index in [-0.39, 0.29) is 24.5 Å². The van der Waals surface area contributed by atoms with E-state index in [1.54, 1.807) is 4.90 Å². The Kier molecular flexibility index (Phi) is 6.27. The second kappa shape index (κ2) is 7.72. The molecule has 0 radical (unpaired) electrons.